The van der Waals surface area contributed by atoms with Crippen LogP contribution < -0.4 is 10.5 Å². The van der Waals surface area contributed by atoms with Crippen molar-refractivity contribution in [3.63, 3.8) is 0 Å². The molecular weight excluding hydrogens is 260 g/mol. The zero-order valence-corrected chi connectivity index (χ0v) is 11.3. The SMILES string of the molecule is COc1ccc(O)c(C(=O)N2CCCCC2C(N)=O)c1. The molecule has 2 amide bonds. The molecule has 0 aliphatic carbocycles. The van der Waals surface area contributed by atoms with Crippen LogP contribution in [0.15, 0.2) is 18.2 Å². The first-order valence-electron chi connectivity index (χ1n) is 6.52. The summed E-state index contributed by atoms with van der Waals surface area (Å²) < 4.78 is 5.05. The third kappa shape index (κ3) is 2.68. The Balaban J connectivity index is 2.31. The molecule has 20 heavy (non-hydrogen) atoms. The van der Waals surface area contributed by atoms with Gasteiger partial charge in [-0.2, -0.15) is 0 Å². The molecule has 0 spiro atoms. The summed E-state index contributed by atoms with van der Waals surface area (Å²) in [5, 5.41) is 9.84. The van der Waals surface area contributed by atoms with E-state index in [9.17, 15) is 14.7 Å². The molecule has 1 unspecified atom stereocenters. The number of amides is 2. The highest BCUT2D eigenvalue weighted by Crippen LogP contribution is 2.27. The Bertz CT molecular complexity index is 530. The molecule has 1 fully saturated rings. The summed E-state index contributed by atoms with van der Waals surface area (Å²) in [4.78, 5) is 25.4. The van der Waals surface area contributed by atoms with Gasteiger partial charge in [0.1, 0.15) is 17.5 Å². The monoisotopic (exact) mass is 278 g/mol. The van der Waals surface area contributed by atoms with E-state index in [0.717, 1.165) is 12.8 Å². The number of rotatable bonds is 3. The van der Waals surface area contributed by atoms with Gasteiger partial charge in [0.15, 0.2) is 0 Å². The molecule has 0 aromatic heterocycles. The Labute approximate surface area is 117 Å². The van der Waals surface area contributed by atoms with Crippen molar-refractivity contribution >= 4 is 11.8 Å². The number of phenols is 1. The van der Waals surface area contributed by atoms with Crippen molar-refractivity contribution < 1.29 is 19.4 Å². The van der Waals surface area contributed by atoms with Gasteiger partial charge in [0.25, 0.3) is 5.91 Å². The second-order valence-corrected chi connectivity index (χ2v) is 4.80. The molecule has 0 bridgehead atoms. The zero-order chi connectivity index (χ0) is 14.7. The van der Waals surface area contributed by atoms with Crippen LogP contribution in [0.5, 0.6) is 11.5 Å². The lowest BCUT2D eigenvalue weighted by molar-refractivity contribution is -0.123. The number of carbonyl (C=O) groups excluding carboxylic acids is 2. The van der Waals surface area contributed by atoms with Crippen LogP contribution >= 0.6 is 0 Å². The number of hydrogen-bond donors (Lipinski definition) is 2. The van der Waals surface area contributed by atoms with Crippen LogP contribution in [0.1, 0.15) is 29.6 Å². The molecule has 1 aromatic rings. The van der Waals surface area contributed by atoms with Crippen molar-refractivity contribution in [2.75, 3.05) is 13.7 Å². The minimum absolute atomic E-state index is 0.123. The smallest absolute Gasteiger partial charge is 0.258 e. The highest BCUT2D eigenvalue weighted by molar-refractivity contribution is 5.99. The van der Waals surface area contributed by atoms with E-state index in [2.05, 4.69) is 0 Å². The summed E-state index contributed by atoms with van der Waals surface area (Å²) in [5.41, 5.74) is 5.47. The maximum absolute atomic E-state index is 12.5. The maximum Gasteiger partial charge on any atom is 0.258 e. The summed E-state index contributed by atoms with van der Waals surface area (Å²) in [7, 11) is 1.48. The molecule has 6 nitrogen and oxygen atoms in total. The van der Waals surface area contributed by atoms with Crippen molar-refractivity contribution in [1.82, 2.24) is 4.90 Å². The fourth-order valence-electron chi connectivity index (χ4n) is 2.44. The van der Waals surface area contributed by atoms with Gasteiger partial charge >= 0.3 is 0 Å². The summed E-state index contributed by atoms with van der Waals surface area (Å²) in [6.07, 6.45) is 2.24. The van der Waals surface area contributed by atoms with Crippen molar-refractivity contribution in [3.8, 4) is 11.5 Å². The molecule has 0 saturated carbocycles. The number of phenolic OH excluding ortho intramolecular Hbond substituents is 1. The number of nitrogens with zero attached hydrogens (tertiary/aromatic N) is 1. The van der Waals surface area contributed by atoms with Crippen molar-refractivity contribution in [2.24, 2.45) is 5.73 Å². The van der Waals surface area contributed by atoms with Crippen LogP contribution in [-0.4, -0.2) is 41.5 Å². The van der Waals surface area contributed by atoms with Gasteiger partial charge in [0.2, 0.25) is 5.91 Å². The molecular formula is C14H18N2O4. The van der Waals surface area contributed by atoms with Gasteiger partial charge in [0.05, 0.1) is 12.7 Å². The van der Waals surface area contributed by atoms with Crippen LogP contribution in [0.25, 0.3) is 0 Å². The first-order chi connectivity index (χ1) is 9.54. The van der Waals surface area contributed by atoms with E-state index in [-0.39, 0.29) is 11.3 Å². The molecule has 6 heteroatoms. The summed E-state index contributed by atoms with van der Waals surface area (Å²) in [6.45, 7) is 0.461. The lowest BCUT2D eigenvalue weighted by Gasteiger charge is -2.33. The van der Waals surface area contributed by atoms with Gasteiger partial charge in [-0.25, -0.2) is 0 Å². The Hall–Kier alpha value is -2.24. The summed E-state index contributed by atoms with van der Waals surface area (Å²) in [5.74, 6) is -0.575. The number of hydrogen-bond acceptors (Lipinski definition) is 4. The molecule has 1 saturated heterocycles. The molecule has 1 heterocycles. The van der Waals surface area contributed by atoms with E-state index in [0.29, 0.717) is 18.7 Å². The minimum Gasteiger partial charge on any atom is -0.507 e. The summed E-state index contributed by atoms with van der Waals surface area (Å²) >= 11 is 0. The number of piperidine rings is 1. The Kier molecular flexibility index (Phi) is 4.12. The molecule has 1 aliphatic rings. The molecule has 1 aliphatic heterocycles. The highest BCUT2D eigenvalue weighted by Gasteiger charge is 2.32. The van der Waals surface area contributed by atoms with E-state index in [4.69, 9.17) is 10.5 Å². The first kappa shape index (κ1) is 14.2. The molecule has 3 N–H and O–H groups in total. The average Bonchev–Trinajstić information content (AvgIpc) is 2.47. The van der Waals surface area contributed by atoms with E-state index in [1.54, 1.807) is 6.07 Å². The number of likely N-dealkylation sites (tertiary alicyclic amines) is 1. The van der Waals surface area contributed by atoms with Crippen molar-refractivity contribution in [3.05, 3.63) is 23.8 Å². The summed E-state index contributed by atoms with van der Waals surface area (Å²) in [6, 6.07) is 3.81. The lowest BCUT2D eigenvalue weighted by Crippen LogP contribution is -2.50. The number of methoxy groups -OCH3 is 1. The topological polar surface area (TPSA) is 92.9 Å². The predicted octanol–water partition coefficient (Wildman–Crippen LogP) is 0.881. The van der Waals surface area contributed by atoms with Crippen LogP contribution in [0.2, 0.25) is 0 Å². The fraction of sp³-hybridized carbons (Fsp3) is 0.429. The number of carbonyl (C=O) groups is 2. The fourth-order valence-corrected chi connectivity index (χ4v) is 2.44. The van der Waals surface area contributed by atoms with Gasteiger partial charge in [-0.05, 0) is 37.5 Å². The Morgan fingerprint density at radius 1 is 1.40 bits per heavy atom. The van der Waals surface area contributed by atoms with Crippen LogP contribution in [0.3, 0.4) is 0 Å². The molecule has 1 aromatic carbocycles. The van der Waals surface area contributed by atoms with Crippen LogP contribution in [0.4, 0.5) is 0 Å². The Morgan fingerprint density at radius 2 is 2.15 bits per heavy atom. The van der Waals surface area contributed by atoms with Gasteiger partial charge in [-0.1, -0.05) is 0 Å². The number of primary amides is 1. The van der Waals surface area contributed by atoms with Crippen molar-refractivity contribution in [2.45, 2.75) is 25.3 Å². The predicted molar refractivity (Wildman–Crippen MR) is 72.5 cm³/mol. The molecule has 2 rings (SSSR count). The van der Waals surface area contributed by atoms with Crippen LogP contribution in [0, 0.1) is 0 Å². The molecule has 0 radical (unpaired) electrons. The van der Waals surface area contributed by atoms with E-state index in [1.807, 2.05) is 0 Å². The van der Waals surface area contributed by atoms with Gasteiger partial charge in [0, 0.05) is 6.54 Å². The second kappa shape index (κ2) is 5.81. The normalized spacial score (nSPS) is 18.6. The minimum atomic E-state index is -0.609. The zero-order valence-electron chi connectivity index (χ0n) is 11.3. The van der Waals surface area contributed by atoms with Gasteiger partial charge in [-0.3, -0.25) is 9.59 Å². The standard InChI is InChI=1S/C14H18N2O4/c1-20-9-5-6-12(17)10(8-9)14(19)16-7-3-2-4-11(16)13(15)18/h5-6,8,11,17H,2-4,7H2,1H3,(H2,15,18). The van der Waals surface area contributed by atoms with E-state index in [1.165, 1.54) is 24.1 Å². The van der Waals surface area contributed by atoms with E-state index >= 15 is 0 Å². The Morgan fingerprint density at radius 3 is 2.80 bits per heavy atom. The van der Waals surface area contributed by atoms with Gasteiger partial charge < -0.3 is 20.5 Å². The quantitative estimate of drug-likeness (QED) is 0.858. The number of aromatic hydroxyl groups is 1. The number of ether oxygens (including phenoxy) is 1. The van der Waals surface area contributed by atoms with Gasteiger partial charge in [-0.15, -0.1) is 0 Å². The second-order valence-electron chi connectivity index (χ2n) is 4.80. The lowest BCUT2D eigenvalue weighted by atomic mass is 10.00. The molecule has 108 valence electrons. The highest BCUT2D eigenvalue weighted by atomic mass is 16.5. The third-order valence-electron chi connectivity index (χ3n) is 3.53. The number of nitrogens with two attached hydrogens (primary N) is 1. The molecule has 1 atom stereocenters. The van der Waals surface area contributed by atoms with E-state index < -0.39 is 17.9 Å². The van der Waals surface area contributed by atoms with Crippen LogP contribution in [-0.2, 0) is 4.79 Å². The number of benzene rings is 1. The third-order valence-corrected chi connectivity index (χ3v) is 3.53. The maximum atomic E-state index is 12.5. The average molecular weight is 278 g/mol. The van der Waals surface area contributed by atoms with Crippen molar-refractivity contribution in [1.29, 1.82) is 0 Å². The first-order valence-corrected chi connectivity index (χ1v) is 6.52. The largest absolute Gasteiger partial charge is 0.507 e.